The van der Waals surface area contributed by atoms with E-state index in [4.69, 9.17) is 0 Å². The number of fused-ring (bicyclic) bond motifs is 2. The Morgan fingerprint density at radius 2 is 2.04 bits per heavy atom. The van der Waals surface area contributed by atoms with Gasteiger partial charge >= 0.3 is 0 Å². The molecular formula is C17H13BrN2O2S. The first-order valence-corrected chi connectivity index (χ1v) is 8.95. The standard InChI is InChI=1S/C17H13BrN2O2S/c1-10-3-2-4-12(7-10)20-15(21)9-23-17(20)13-8-11(18)5-6-14(13)19-16(17)22/h2-8H,9H2,1H3,(H,19,22)/t17-/m1/s1. The van der Waals surface area contributed by atoms with Crippen molar-refractivity contribution in [1.82, 2.24) is 0 Å². The molecule has 0 radical (unpaired) electrons. The fraction of sp³-hybridized carbons (Fsp3) is 0.176. The molecule has 0 unspecified atom stereocenters. The average Bonchev–Trinajstić information content (AvgIpc) is 2.99. The smallest absolute Gasteiger partial charge is 0.266 e. The van der Waals surface area contributed by atoms with Crippen LogP contribution in [0.4, 0.5) is 11.4 Å². The van der Waals surface area contributed by atoms with Crippen LogP contribution in [0.3, 0.4) is 0 Å². The molecular weight excluding hydrogens is 376 g/mol. The molecule has 0 aromatic heterocycles. The van der Waals surface area contributed by atoms with Gasteiger partial charge in [0.15, 0.2) is 0 Å². The predicted molar refractivity (Wildman–Crippen MR) is 95.6 cm³/mol. The quantitative estimate of drug-likeness (QED) is 0.810. The SMILES string of the molecule is Cc1cccc(N2C(=O)CS[C@]23C(=O)Nc2ccc(Br)cc23)c1. The second-order valence-corrected chi connectivity index (χ2v) is 7.73. The number of carbonyl (C=O) groups is 2. The Kier molecular flexibility index (Phi) is 3.28. The molecule has 116 valence electrons. The van der Waals surface area contributed by atoms with Crippen molar-refractivity contribution in [3.63, 3.8) is 0 Å². The molecule has 0 aliphatic carbocycles. The molecule has 2 heterocycles. The Labute approximate surface area is 146 Å². The summed E-state index contributed by atoms with van der Waals surface area (Å²) in [6.07, 6.45) is 0. The van der Waals surface area contributed by atoms with Crippen LogP contribution in [0.15, 0.2) is 46.9 Å². The zero-order chi connectivity index (χ0) is 16.2. The first kappa shape index (κ1) is 14.8. The van der Waals surface area contributed by atoms with Gasteiger partial charge in [-0.15, -0.1) is 11.8 Å². The second-order valence-electron chi connectivity index (χ2n) is 5.64. The van der Waals surface area contributed by atoms with E-state index in [2.05, 4.69) is 21.2 Å². The fourth-order valence-corrected chi connectivity index (χ4v) is 4.83. The van der Waals surface area contributed by atoms with Crippen molar-refractivity contribution in [2.45, 2.75) is 11.8 Å². The van der Waals surface area contributed by atoms with E-state index >= 15 is 0 Å². The van der Waals surface area contributed by atoms with Crippen LogP contribution in [0.5, 0.6) is 0 Å². The molecule has 2 aliphatic heterocycles. The molecule has 4 nitrogen and oxygen atoms in total. The summed E-state index contributed by atoms with van der Waals surface area (Å²) in [5, 5.41) is 2.92. The van der Waals surface area contributed by atoms with E-state index in [-0.39, 0.29) is 17.6 Å². The number of anilines is 2. The molecule has 2 aromatic carbocycles. The molecule has 0 saturated carbocycles. The Morgan fingerprint density at radius 3 is 2.83 bits per heavy atom. The number of aryl methyl sites for hydroxylation is 1. The molecule has 2 aromatic rings. The Bertz CT molecular complexity index is 854. The lowest BCUT2D eigenvalue weighted by atomic mass is 10.0. The van der Waals surface area contributed by atoms with Crippen LogP contribution in [0.25, 0.3) is 0 Å². The minimum Gasteiger partial charge on any atom is -0.323 e. The summed E-state index contributed by atoms with van der Waals surface area (Å²) < 4.78 is 0.885. The maximum absolute atomic E-state index is 12.8. The highest BCUT2D eigenvalue weighted by atomic mass is 79.9. The van der Waals surface area contributed by atoms with Gasteiger partial charge in [-0.05, 0) is 42.8 Å². The maximum atomic E-state index is 12.8. The maximum Gasteiger partial charge on any atom is 0.266 e. The molecule has 1 N–H and O–H groups in total. The van der Waals surface area contributed by atoms with E-state index in [1.165, 1.54) is 11.8 Å². The lowest BCUT2D eigenvalue weighted by Gasteiger charge is -2.32. The van der Waals surface area contributed by atoms with Gasteiger partial charge in [-0.2, -0.15) is 0 Å². The molecule has 0 bridgehead atoms. The monoisotopic (exact) mass is 388 g/mol. The molecule has 1 spiro atoms. The molecule has 2 amide bonds. The van der Waals surface area contributed by atoms with Gasteiger partial charge in [0.05, 0.1) is 5.75 Å². The normalized spacial score (nSPS) is 22.6. The highest BCUT2D eigenvalue weighted by Gasteiger charge is 2.58. The van der Waals surface area contributed by atoms with Crippen LogP contribution >= 0.6 is 27.7 Å². The molecule has 6 heteroatoms. The third-order valence-electron chi connectivity index (χ3n) is 4.13. The highest BCUT2D eigenvalue weighted by Crippen LogP contribution is 2.54. The second kappa shape index (κ2) is 5.11. The van der Waals surface area contributed by atoms with E-state index in [1.807, 2.05) is 49.4 Å². The number of hydrogen-bond acceptors (Lipinski definition) is 3. The topological polar surface area (TPSA) is 49.4 Å². The van der Waals surface area contributed by atoms with Gasteiger partial charge in [-0.1, -0.05) is 28.1 Å². The summed E-state index contributed by atoms with van der Waals surface area (Å²) in [6, 6.07) is 13.4. The summed E-state index contributed by atoms with van der Waals surface area (Å²) in [5.41, 5.74) is 3.39. The Hall–Kier alpha value is -1.79. The number of carbonyl (C=O) groups excluding carboxylic acids is 2. The summed E-state index contributed by atoms with van der Waals surface area (Å²) in [4.78, 5) is 26.1. The number of amides is 2. The molecule has 1 atom stereocenters. The van der Waals surface area contributed by atoms with Crippen molar-refractivity contribution in [3.05, 3.63) is 58.1 Å². The first-order valence-electron chi connectivity index (χ1n) is 7.17. The van der Waals surface area contributed by atoms with E-state index < -0.39 is 4.87 Å². The van der Waals surface area contributed by atoms with Gasteiger partial charge in [0, 0.05) is 21.4 Å². The van der Waals surface area contributed by atoms with E-state index in [0.717, 1.165) is 27.0 Å². The van der Waals surface area contributed by atoms with E-state index in [9.17, 15) is 9.59 Å². The highest BCUT2D eigenvalue weighted by molar-refractivity contribution is 9.10. The number of thioether (sulfide) groups is 1. The molecule has 23 heavy (non-hydrogen) atoms. The van der Waals surface area contributed by atoms with Crippen LogP contribution in [0.1, 0.15) is 11.1 Å². The van der Waals surface area contributed by atoms with Gasteiger partial charge in [-0.25, -0.2) is 0 Å². The van der Waals surface area contributed by atoms with E-state index in [1.54, 1.807) is 4.90 Å². The molecule has 4 rings (SSSR count). The van der Waals surface area contributed by atoms with Crippen molar-refractivity contribution in [1.29, 1.82) is 0 Å². The van der Waals surface area contributed by atoms with Crippen molar-refractivity contribution < 1.29 is 9.59 Å². The number of nitrogens with zero attached hydrogens (tertiary/aromatic N) is 1. The number of rotatable bonds is 1. The molecule has 2 aliphatic rings. The third kappa shape index (κ3) is 2.05. The summed E-state index contributed by atoms with van der Waals surface area (Å²) in [7, 11) is 0. The number of hydrogen-bond donors (Lipinski definition) is 1. The van der Waals surface area contributed by atoms with Crippen molar-refractivity contribution in [2.75, 3.05) is 16.0 Å². The zero-order valence-corrected chi connectivity index (χ0v) is 14.7. The molecule has 1 saturated heterocycles. The van der Waals surface area contributed by atoms with Gasteiger partial charge in [0.2, 0.25) is 10.8 Å². The summed E-state index contributed by atoms with van der Waals surface area (Å²) in [5.74, 6) is 0.0689. The van der Waals surface area contributed by atoms with Crippen molar-refractivity contribution in [3.8, 4) is 0 Å². The number of benzene rings is 2. The summed E-state index contributed by atoms with van der Waals surface area (Å²) >= 11 is 4.84. The minimum absolute atomic E-state index is 0.0522. The van der Waals surface area contributed by atoms with Crippen LogP contribution in [-0.2, 0) is 14.5 Å². The van der Waals surface area contributed by atoms with Gasteiger partial charge in [-0.3, -0.25) is 14.5 Å². The van der Waals surface area contributed by atoms with E-state index in [0.29, 0.717) is 0 Å². The van der Waals surface area contributed by atoms with Gasteiger partial charge in [0.1, 0.15) is 0 Å². The van der Waals surface area contributed by atoms with Crippen molar-refractivity contribution in [2.24, 2.45) is 0 Å². The fourth-order valence-electron chi connectivity index (χ4n) is 3.16. The van der Waals surface area contributed by atoms with Gasteiger partial charge < -0.3 is 5.32 Å². The largest absolute Gasteiger partial charge is 0.323 e. The third-order valence-corrected chi connectivity index (χ3v) is 6.02. The molecule has 1 fully saturated rings. The Balaban J connectivity index is 1.95. The number of halogens is 1. The zero-order valence-electron chi connectivity index (χ0n) is 12.3. The first-order chi connectivity index (χ1) is 11.0. The summed E-state index contributed by atoms with van der Waals surface area (Å²) in [6.45, 7) is 1.98. The van der Waals surface area contributed by atoms with Crippen LogP contribution in [0.2, 0.25) is 0 Å². The lowest BCUT2D eigenvalue weighted by Crippen LogP contribution is -2.47. The van der Waals surface area contributed by atoms with Crippen LogP contribution in [0, 0.1) is 6.92 Å². The van der Waals surface area contributed by atoms with Crippen LogP contribution in [-0.4, -0.2) is 17.6 Å². The van der Waals surface area contributed by atoms with Crippen LogP contribution < -0.4 is 10.2 Å². The Morgan fingerprint density at radius 1 is 1.22 bits per heavy atom. The average molecular weight is 389 g/mol. The van der Waals surface area contributed by atoms with Crippen molar-refractivity contribution >= 4 is 50.9 Å². The predicted octanol–water partition coefficient (Wildman–Crippen LogP) is 3.64. The number of nitrogens with one attached hydrogen (secondary N) is 1. The van der Waals surface area contributed by atoms with Gasteiger partial charge in [0.25, 0.3) is 5.91 Å². The minimum atomic E-state index is -1.02. The lowest BCUT2D eigenvalue weighted by molar-refractivity contribution is -0.122.